The van der Waals surface area contributed by atoms with E-state index in [1.54, 1.807) is 18.2 Å². The second kappa shape index (κ2) is 9.61. The molecule has 0 unspecified atom stereocenters. The van der Waals surface area contributed by atoms with Crippen LogP contribution in [-0.2, 0) is 9.53 Å². The molecule has 126 valence electrons. The molecule has 6 heteroatoms. The van der Waals surface area contributed by atoms with Crippen molar-refractivity contribution in [1.82, 2.24) is 5.32 Å². The molecule has 1 aromatic carbocycles. The zero-order valence-corrected chi connectivity index (χ0v) is 13.6. The number of nitrogens with one attached hydrogen (secondary N) is 1. The minimum Gasteiger partial charge on any atom is -0.465 e. The molecule has 1 rings (SSSR count). The van der Waals surface area contributed by atoms with Crippen molar-refractivity contribution in [3.63, 3.8) is 0 Å². The maximum Gasteiger partial charge on any atom is 0.337 e. The van der Waals surface area contributed by atoms with E-state index in [0.717, 1.165) is 25.7 Å². The third kappa shape index (κ3) is 6.10. The SMILES string of the molecule is CCCCCC[C@@H](NC(=O)c1cccc(C(=O)OC)c1)C(N)=O. The third-order valence-corrected chi connectivity index (χ3v) is 3.54. The molecular formula is C17H24N2O4. The fraction of sp³-hybridized carbons (Fsp3) is 0.471. The first kappa shape index (κ1) is 18.7. The van der Waals surface area contributed by atoms with E-state index < -0.39 is 23.8 Å². The molecule has 0 bridgehead atoms. The maximum atomic E-state index is 12.2. The van der Waals surface area contributed by atoms with Gasteiger partial charge in [0.05, 0.1) is 12.7 Å². The van der Waals surface area contributed by atoms with Crippen LogP contribution in [0.15, 0.2) is 24.3 Å². The number of unbranched alkanes of at least 4 members (excludes halogenated alkanes) is 3. The number of primary amides is 1. The largest absolute Gasteiger partial charge is 0.465 e. The van der Waals surface area contributed by atoms with Crippen LogP contribution in [-0.4, -0.2) is 30.9 Å². The fourth-order valence-electron chi connectivity index (χ4n) is 2.21. The minimum absolute atomic E-state index is 0.277. The molecule has 0 aromatic heterocycles. The first-order valence-electron chi connectivity index (χ1n) is 7.78. The third-order valence-electron chi connectivity index (χ3n) is 3.54. The second-order valence-corrected chi connectivity index (χ2v) is 5.35. The number of benzene rings is 1. The summed E-state index contributed by atoms with van der Waals surface area (Å²) in [6.07, 6.45) is 4.50. The standard InChI is InChI=1S/C17H24N2O4/c1-3-4-5-6-10-14(15(18)20)19-16(21)12-8-7-9-13(11-12)17(22)23-2/h7-9,11,14H,3-6,10H2,1-2H3,(H2,18,20)(H,19,21)/t14-/m1/s1. The van der Waals surface area contributed by atoms with Crippen molar-refractivity contribution in [2.24, 2.45) is 5.73 Å². The molecule has 0 saturated carbocycles. The first-order valence-corrected chi connectivity index (χ1v) is 7.78. The predicted octanol–water partition coefficient (Wildman–Crippen LogP) is 2.03. The number of carbonyl (C=O) groups is 3. The average Bonchev–Trinajstić information content (AvgIpc) is 2.56. The number of amides is 2. The Morgan fingerprint density at radius 2 is 1.87 bits per heavy atom. The first-order chi connectivity index (χ1) is 11.0. The summed E-state index contributed by atoms with van der Waals surface area (Å²) in [7, 11) is 1.27. The molecule has 1 atom stereocenters. The van der Waals surface area contributed by atoms with Crippen molar-refractivity contribution in [1.29, 1.82) is 0 Å². The maximum absolute atomic E-state index is 12.2. The molecule has 0 saturated heterocycles. The molecule has 2 amide bonds. The molecule has 0 aliphatic heterocycles. The zero-order valence-electron chi connectivity index (χ0n) is 13.6. The summed E-state index contributed by atoms with van der Waals surface area (Å²) in [6.45, 7) is 2.10. The van der Waals surface area contributed by atoms with Crippen LogP contribution in [0.1, 0.15) is 59.7 Å². The summed E-state index contributed by atoms with van der Waals surface area (Å²) in [5, 5.41) is 2.63. The summed E-state index contributed by atoms with van der Waals surface area (Å²) >= 11 is 0. The van der Waals surface area contributed by atoms with Gasteiger partial charge in [0.25, 0.3) is 5.91 Å². The van der Waals surface area contributed by atoms with E-state index in [9.17, 15) is 14.4 Å². The van der Waals surface area contributed by atoms with E-state index >= 15 is 0 Å². The van der Waals surface area contributed by atoms with Gasteiger partial charge in [-0.25, -0.2) is 4.79 Å². The number of nitrogens with two attached hydrogens (primary N) is 1. The van der Waals surface area contributed by atoms with Crippen LogP contribution in [0.5, 0.6) is 0 Å². The molecule has 23 heavy (non-hydrogen) atoms. The average molecular weight is 320 g/mol. The predicted molar refractivity (Wildman–Crippen MR) is 87.0 cm³/mol. The quantitative estimate of drug-likeness (QED) is 0.537. The van der Waals surface area contributed by atoms with Crippen LogP contribution in [0.2, 0.25) is 0 Å². The molecule has 6 nitrogen and oxygen atoms in total. The summed E-state index contributed by atoms with van der Waals surface area (Å²) < 4.78 is 4.62. The van der Waals surface area contributed by atoms with Crippen molar-refractivity contribution in [2.75, 3.05) is 7.11 Å². The molecule has 3 N–H and O–H groups in total. The number of esters is 1. The number of methoxy groups -OCH3 is 1. The summed E-state index contributed by atoms with van der Waals surface area (Å²) in [4.78, 5) is 35.2. The van der Waals surface area contributed by atoms with E-state index in [0.29, 0.717) is 6.42 Å². The highest BCUT2D eigenvalue weighted by molar-refractivity contribution is 5.99. The van der Waals surface area contributed by atoms with Gasteiger partial charge in [0.1, 0.15) is 6.04 Å². The molecule has 1 aromatic rings. The van der Waals surface area contributed by atoms with Gasteiger partial charge in [-0.1, -0.05) is 38.7 Å². The molecule has 0 fully saturated rings. The fourth-order valence-corrected chi connectivity index (χ4v) is 2.21. The Morgan fingerprint density at radius 1 is 1.17 bits per heavy atom. The van der Waals surface area contributed by atoms with E-state index in [2.05, 4.69) is 17.0 Å². The number of hydrogen-bond acceptors (Lipinski definition) is 4. The summed E-state index contributed by atoms with van der Waals surface area (Å²) in [6, 6.07) is 5.43. The van der Waals surface area contributed by atoms with E-state index in [1.165, 1.54) is 13.2 Å². The lowest BCUT2D eigenvalue weighted by atomic mass is 10.1. The lowest BCUT2D eigenvalue weighted by molar-refractivity contribution is -0.120. The topological polar surface area (TPSA) is 98.5 Å². The monoisotopic (exact) mass is 320 g/mol. The van der Waals surface area contributed by atoms with Crippen molar-refractivity contribution < 1.29 is 19.1 Å². The van der Waals surface area contributed by atoms with Gasteiger partial charge < -0.3 is 15.8 Å². The normalized spacial score (nSPS) is 11.6. The Hall–Kier alpha value is -2.37. The van der Waals surface area contributed by atoms with Gasteiger partial charge in [0.15, 0.2) is 0 Å². The molecule has 0 heterocycles. The van der Waals surface area contributed by atoms with E-state index in [1.807, 2.05) is 0 Å². The Morgan fingerprint density at radius 3 is 2.48 bits per heavy atom. The van der Waals surface area contributed by atoms with Gasteiger partial charge in [-0.3, -0.25) is 9.59 Å². The van der Waals surface area contributed by atoms with Gasteiger partial charge >= 0.3 is 5.97 Å². The molecular weight excluding hydrogens is 296 g/mol. The van der Waals surface area contributed by atoms with Crippen LogP contribution >= 0.6 is 0 Å². The van der Waals surface area contributed by atoms with E-state index in [-0.39, 0.29) is 11.1 Å². The Labute approximate surface area is 136 Å². The highest BCUT2D eigenvalue weighted by Gasteiger charge is 2.19. The van der Waals surface area contributed by atoms with Crippen LogP contribution in [0.25, 0.3) is 0 Å². The summed E-state index contributed by atoms with van der Waals surface area (Å²) in [5.41, 5.74) is 5.91. The Kier molecular flexibility index (Phi) is 7.80. The molecule has 0 aliphatic rings. The highest BCUT2D eigenvalue weighted by Crippen LogP contribution is 2.09. The van der Waals surface area contributed by atoms with Gasteiger partial charge in [0.2, 0.25) is 5.91 Å². The van der Waals surface area contributed by atoms with Gasteiger partial charge in [-0.2, -0.15) is 0 Å². The Balaban J connectivity index is 2.71. The second-order valence-electron chi connectivity index (χ2n) is 5.35. The molecule has 0 spiro atoms. The molecule has 0 aliphatic carbocycles. The van der Waals surface area contributed by atoms with Gasteiger partial charge in [0, 0.05) is 5.56 Å². The van der Waals surface area contributed by atoms with Crippen LogP contribution in [0.4, 0.5) is 0 Å². The lowest BCUT2D eigenvalue weighted by Gasteiger charge is -2.15. The molecule has 0 radical (unpaired) electrons. The smallest absolute Gasteiger partial charge is 0.337 e. The van der Waals surface area contributed by atoms with Crippen molar-refractivity contribution >= 4 is 17.8 Å². The van der Waals surface area contributed by atoms with Gasteiger partial charge in [-0.15, -0.1) is 0 Å². The van der Waals surface area contributed by atoms with Crippen molar-refractivity contribution in [3.05, 3.63) is 35.4 Å². The summed E-state index contributed by atoms with van der Waals surface area (Å²) in [5.74, 6) is -1.51. The van der Waals surface area contributed by atoms with Crippen LogP contribution in [0, 0.1) is 0 Å². The number of hydrogen-bond donors (Lipinski definition) is 2. The minimum atomic E-state index is -0.707. The van der Waals surface area contributed by atoms with Crippen molar-refractivity contribution in [3.8, 4) is 0 Å². The lowest BCUT2D eigenvalue weighted by Crippen LogP contribution is -2.44. The van der Waals surface area contributed by atoms with Crippen LogP contribution in [0.3, 0.4) is 0 Å². The number of ether oxygens (including phenoxy) is 1. The number of rotatable bonds is 9. The highest BCUT2D eigenvalue weighted by atomic mass is 16.5. The number of carbonyl (C=O) groups excluding carboxylic acids is 3. The zero-order chi connectivity index (χ0) is 17.2. The van der Waals surface area contributed by atoms with Crippen molar-refractivity contribution in [2.45, 2.75) is 45.1 Å². The Bertz CT molecular complexity index is 557. The van der Waals surface area contributed by atoms with Crippen LogP contribution < -0.4 is 11.1 Å². The van der Waals surface area contributed by atoms with E-state index in [4.69, 9.17) is 5.73 Å². The van der Waals surface area contributed by atoms with Gasteiger partial charge in [-0.05, 0) is 24.6 Å².